The Morgan fingerprint density at radius 2 is 1.82 bits per heavy atom. The van der Waals surface area contributed by atoms with E-state index < -0.39 is 0 Å². The molecule has 0 heterocycles. The Morgan fingerprint density at radius 1 is 1.18 bits per heavy atom. The highest BCUT2D eigenvalue weighted by atomic mass is 127. The molecule has 0 radical (unpaired) electrons. The van der Waals surface area contributed by atoms with Crippen LogP contribution in [0.25, 0.3) is 0 Å². The fourth-order valence-electron chi connectivity index (χ4n) is 0.832. The largest absolute Gasteiger partial charge is 0.309 e. The Kier molecular flexibility index (Phi) is 13.1. The number of unbranched alkanes of at least 4 members (excludes halogenated alkanes) is 3. The second-order valence-corrected chi connectivity index (χ2v) is 2.82. The minimum absolute atomic E-state index is 0. The summed E-state index contributed by atoms with van der Waals surface area (Å²) in [6.45, 7) is 1.14. The van der Waals surface area contributed by atoms with Crippen LogP contribution in [-0.4, -0.2) is 31.8 Å². The van der Waals surface area contributed by atoms with Gasteiger partial charge in [0.05, 0.1) is 0 Å². The van der Waals surface area contributed by atoms with Crippen LogP contribution in [0, 0.1) is 0 Å². The van der Waals surface area contributed by atoms with Crippen LogP contribution in [0.2, 0.25) is 0 Å². The molecule has 0 amide bonds. The van der Waals surface area contributed by atoms with Crippen molar-refractivity contribution in [1.82, 2.24) is 4.90 Å². The van der Waals surface area contributed by atoms with Crippen LogP contribution in [0.3, 0.4) is 0 Å². The lowest BCUT2D eigenvalue weighted by atomic mass is 10.2. The van der Waals surface area contributed by atoms with Crippen LogP contribution >= 0.6 is 24.0 Å². The monoisotopic (exact) mass is 271 g/mol. The van der Waals surface area contributed by atoms with E-state index in [1.165, 1.54) is 12.8 Å². The quantitative estimate of drug-likeness (QED) is 0.418. The van der Waals surface area contributed by atoms with Gasteiger partial charge in [-0.3, -0.25) is 0 Å². The lowest BCUT2D eigenvalue weighted by Gasteiger charge is -2.07. The molecule has 0 unspecified atom stereocenters. The first-order valence-electron chi connectivity index (χ1n) is 3.85. The minimum Gasteiger partial charge on any atom is -0.309 e. The van der Waals surface area contributed by atoms with Crippen molar-refractivity contribution >= 4 is 30.3 Å². The summed E-state index contributed by atoms with van der Waals surface area (Å²) in [6.07, 6.45) is 5.16. The number of hydrogen-bond donors (Lipinski definition) is 0. The van der Waals surface area contributed by atoms with E-state index in [9.17, 15) is 4.79 Å². The summed E-state index contributed by atoms with van der Waals surface area (Å²) in [5, 5.41) is 0. The van der Waals surface area contributed by atoms with Crippen molar-refractivity contribution in [3.05, 3.63) is 0 Å². The van der Waals surface area contributed by atoms with Crippen LogP contribution in [0.1, 0.15) is 25.7 Å². The van der Waals surface area contributed by atoms with Crippen molar-refractivity contribution in [2.45, 2.75) is 25.7 Å². The molecule has 0 atom stereocenters. The van der Waals surface area contributed by atoms with E-state index in [1.807, 2.05) is 0 Å². The van der Waals surface area contributed by atoms with Gasteiger partial charge in [0, 0.05) is 6.42 Å². The lowest BCUT2D eigenvalue weighted by molar-refractivity contribution is -0.107. The van der Waals surface area contributed by atoms with Crippen LogP contribution in [0.15, 0.2) is 0 Å². The maximum Gasteiger partial charge on any atom is 0.119 e. The van der Waals surface area contributed by atoms with Gasteiger partial charge >= 0.3 is 0 Å². The molecule has 0 aromatic rings. The smallest absolute Gasteiger partial charge is 0.119 e. The Bertz CT molecular complexity index is 86.2. The number of hydrogen-bond acceptors (Lipinski definition) is 2. The molecule has 0 aromatic carbocycles. The standard InChI is InChI=1S/C8H17NO.HI/c1-9(2)7-5-3-4-6-8-10;/h8H,3-7H2,1-2H3;1H. The first kappa shape index (κ1) is 13.9. The zero-order valence-corrected chi connectivity index (χ0v) is 9.71. The second kappa shape index (κ2) is 10.4. The fourth-order valence-corrected chi connectivity index (χ4v) is 0.832. The second-order valence-electron chi connectivity index (χ2n) is 2.82. The van der Waals surface area contributed by atoms with E-state index in [0.29, 0.717) is 0 Å². The summed E-state index contributed by atoms with van der Waals surface area (Å²) < 4.78 is 0. The van der Waals surface area contributed by atoms with Crippen molar-refractivity contribution in [1.29, 1.82) is 0 Å². The molecule has 68 valence electrons. The molecule has 0 fully saturated rings. The van der Waals surface area contributed by atoms with E-state index in [2.05, 4.69) is 19.0 Å². The maximum atomic E-state index is 9.89. The molecule has 0 saturated carbocycles. The topological polar surface area (TPSA) is 20.3 Å². The normalized spacial score (nSPS) is 9.36. The lowest BCUT2D eigenvalue weighted by Crippen LogP contribution is -2.12. The molecule has 0 bridgehead atoms. The van der Waals surface area contributed by atoms with Crippen molar-refractivity contribution in [2.75, 3.05) is 20.6 Å². The van der Waals surface area contributed by atoms with Crippen molar-refractivity contribution in [3.8, 4) is 0 Å². The number of rotatable bonds is 6. The third-order valence-corrected chi connectivity index (χ3v) is 1.43. The Hall–Kier alpha value is 0.360. The van der Waals surface area contributed by atoms with E-state index in [1.54, 1.807) is 0 Å². The Labute approximate surface area is 86.4 Å². The summed E-state index contributed by atoms with van der Waals surface area (Å²) in [5.41, 5.74) is 0. The predicted octanol–water partition coefficient (Wildman–Crippen LogP) is 1.93. The van der Waals surface area contributed by atoms with Gasteiger partial charge in [0.1, 0.15) is 6.29 Å². The fraction of sp³-hybridized carbons (Fsp3) is 0.875. The van der Waals surface area contributed by atoms with Crippen LogP contribution in [0.4, 0.5) is 0 Å². The van der Waals surface area contributed by atoms with Gasteiger partial charge in [0.15, 0.2) is 0 Å². The number of nitrogens with zero attached hydrogens (tertiary/aromatic N) is 1. The van der Waals surface area contributed by atoms with E-state index >= 15 is 0 Å². The highest BCUT2D eigenvalue weighted by molar-refractivity contribution is 14.0. The Balaban J connectivity index is 0. The predicted molar refractivity (Wildman–Crippen MR) is 58.5 cm³/mol. The number of halogens is 1. The summed E-state index contributed by atoms with van der Waals surface area (Å²) in [6, 6.07) is 0. The first-order chi connectivity index (χ1) is 4.77. The first-order valence-corrected chi connectivity index (χ1v) is 3.85. The molecule has 3 heteroatoms. The van der Waals surface area contributed by atoms with E-state index in [0.717, 1.165) is 25.7 Å². The molecule has 0 aromatic heterocycles. The number of aldehydes is 1. The van der Waals surface area contributed by atoms with Gasteiger partial charge in [0.2, 0.25) is 0 Å². The van der Waals surface area contributed by atoms with Gasteiger partial charge in [-0.05, 0) is 33.5 Å². The molecule has 0 rings (SSSR count). The van der Waals surface area contributed by atoms with Gasteiger partial charge in [-0.15, -0.1) is 24.0 Å². The zero-order chi connectivity index (χ0) is 7.82. The highest BCUT2D eigenvalue weighted by Gasteiger charge is 1.89. The van der Waals surface area contributed by atoms with Crippen LogP contribution < -0.4 is 0 Å². The van der Waals surface area contributed by atoms with Gasteiger partial charge < -0.3 is 9.69 Å². The molecule has 0 aliphatic carbocycles. The summed E-state index contributed by atoms with van der Waals surface area (Å²) in [4.78, 5) is 12.1. The highest BCUT2D eigenvalue weighted by Crippen LogP contribution is 1.97. The third-order valence-electron chi connectivity index (χ3n) is 1.43. The summed E-state index contributed by atoms with van der Waals surface area (Å²) in [5.74, 6) is 0. The SMILES string of the molecule is CN(C)CCCCCC=O.I. The van der Waals surface area contributed by atoms with Gasteiger partial charge in [-0.1, -0.05) is 6.42 Å². The molecule has 0 spiro atoms. The van der Waals surface area contributed by atoms with Crippen LogP contribution in [-0.2, 0) is 4.79 Å². The molecule has 0 aliphatic heterocycles. The molecule has 2 nitrogen and oxygen atoms in total. The van der Waals surface area contributed by atoms with Crippen molar-refractivity contribution < 1.29 is 4.79 Å². The molecule has 0 N–H and O–H groups in total. The minimum atomic E-state index is 0. The third kappa shape index (κ3) is 13.4. The van der Waals surface area contributed by atoms with Gasteiger partial charge in [0.25, 0.3) is 0 Å². The number of carbonyl (C=O) groups is 1. The molecule has 11 heavy (non-hydrogen) atoms. The summed E-state index contributed by atoms with van der Waals surface area (Å²) in [7, 11) is 4.14. The Morgan fingerprint density at radius 3 is 2.27 bits per heavy atom. The van der Waals surface area contributed by atoms with Crippen molar-refractivity contribution in [3.63, 3.8) is 0 Å². The van der Waals surface area contributed by atoms with E-state index in [-0.39, 0.29) is 24.0 Å². The molecule has 0 saturated heterocycles. The average molecular weight is 271 g/mol. The van der Waals surface area contributed by atoms with Gasteiger partial charge in [-0.2, -0.15) is 0 Å². The van der Waals surface area contributed by atoms with Gasteiger partial charge in [-0.25, -0.2) is 0 Å². The average Bonchev–Trinajstić information content (AvgIpc) is 1.87. The van der Waals surface area contributed by atoms with Crippen LogP contribution in [0.5, 0.6) is 0 Å². The van der Waals surface area contributed by atoms with E-state index in [4.69, 9.17) is 0 Å². The maximum absolute atomic E-state index is 9.89. The molecular formula is C8H18INO. The van der Waals surface area contributed by atoms with Crippen molar-refractivity contribution in [2.24, 2.45) is 0 Å². The zero-order valence-electron chi connectivity index (χ0n) is 7.38. The summed E-state index contributed by atoms with van der Waals surface area (Å²) >= 11 is 0. The molecular weight excluding hydrogens is 253 g/mol. The molecule has 0 aliphatic rings. The number of carbonyl (C=O) groups excluding carboxylic acids is 1.